The minimum absolute atomic E-state index is 0.145. The van der Waals surface area contributed by atoms with Crippen molar-refractivity contribution < 1.29 is 14.9 Å². The summed E-state index contributed by atoms with van der Waals surface area (Å²) in [6, 6.07) is 0. The van der Waals surface area contributed by atoms with E-state index in [1.54, 1.807) is 0 Å². The van der Waals surface area contributed by atoms with Gasteiger partial charge in [0.25, 0.3) is 0 Å². The van der Waals surface area contributed by atoms with Gasteiger partial charge in [0.2, 0.25) is 0 Å². The molecule has 1 aliphatic rings. The standard InChI is InChI=1S/C7H14O3/c8-4-7(9)6-2-1-3-10-5-6/h6-9H,1-5H2. The summed E-state index contributed by atoms with van der Waals surface area (Å²) in [5.41, 5.74) is 0. The third-order valence-corrected chi connectivity index (χ3v) is 1.93. The van der Waals surface area contributed by atoms with Crippen LogP contribution in [0.15, 0.2) is 0 Å². The minimum atomic E-state index is -0.583. The maximum Gasteiger partial charge on any atom is 0.0820 e. The zero-order valence-corrected chi connectivity index (χ0v) is 5.99. The molecule has 0 amide bonds. The third kappa shape index (κ3) is 1.94. The van der Waals surface area contributed by atoms with E-state index in [-0.39, 0.29) is 12.5 Å². The van der Waals surface area contributed by atoms with Gasteiger partial charge in [0.1, 0.15) is 0 Å². The molecule has 1 rings (SSSR count). The van der Waals surface area contributed by atoms with E-state index in [4.69, 9.17) is 14.9 Å². The first kappa shape index (κ1) is 7.98. The largest absolute Gasteiger partial charge is 0.394 e. The van der Waals surface area contributed by atoms with Gasteiger partial charge in [-0.1, -0.05) is 0 Å². The van der Waals surface area contributed by atoms with Gasteiger partial charge in [-0.05, 0) is 12.8 Å². The maximum absolute atomic E-state index is 9.15. The Balaban J connectivity index is 2.24. The van der Waals surface area contributed by atoms with Crippen LogP contribution >= 0.6 is 0 Å². The predicted octanol–water partition coefficient (Wildman–Crippen LogP) is -0.234. The molecule has 0 aromatic carbocycles. The molecule has 0 aromatic heterocycles. The van der Waals surface area contributed by atoms with Crippen LogP contribution in [0.3, 0.4) is 0 Å². The lowest BCUT2D eigenvalue weighted by molar-refractivity contribution is -0.0298. The second-order valence-electron chi connectivity index (χ2n) is 2.73. The van der Waals surface area contributed by atoms with Gasteiger partial charge in [-0.15, -0.1) is 0 Å². The van der Waals surface area contributed by atoms with E-state index < -0.39 is 6.10 Å². The highest BCUT2D eigenvalue weighted by molar-refractivity contribution is 4.70. The average Bonchev–Trinajstić information content (AvgIpc) is 2.05. The zero-order valence-electron chi connectivity index (χ0n) is 5.99. The number of aliphatic hydroxyl groups excluding tert-OH is 2. The smallest absolute Gasteiger partial charge is 0.0820 e. The van der Waals surface area contributed by atoms with Crippen LogP contribution in [0, 0.1) is 5.92 Å². The Labute approximate surface area is 60.6 Å². The summed E-state index contributed by atoms with van der Waals surface area (Å²) in [4.78, 5) is 0. The molecule has 0 aliphatic carbocycles. The molecule has 2 unspecified atom stereocenters. The molecular formula is C7H14O3. The summed E-state index contributed by atoms with van der Waals surface area (Å²) in [6.45, 7) is 1.25. The Kier molecular flexibility index (Phi) is 3.12. The number of aliphatic hydroxyl groups is 2. The molecule has 0 saturated carbocycles. The quantitative estimate of drug-likeness (QED) is 0.565. The predicted molar refractivity (Wildman–Crippen MR) is 36.6 cm³/mol. The van der Waals surface area contributed by atoms with Crippen LogP contribution in [0.2, 0.25) is 0 Å². The van der Waals surface area contributed by atoms with E-state index in [1.807, 2.05) is 0 Å². The molecule has 1 heterocycles. The fourth-order valence-electron chi connectivity index (χ4n) is 1.22. The van der Waals surface area contributed by atoms with Gasteiger partial charge in [-0.2, -0.15) is 0 Å². The minimum Gasteiger partial charge on any atom is -0.394 e. The highest BCUT2D eigenvalue weighted by atomic mass is 16.5. The van der Waals surface area contributed by atoms with Crippen molar-refractivity contribution in [2.75, 3.05) is 19.8 Å². The fourth-order valence-corrected chi connectivity index (χ4v) is 1.22. The van der Waals surface area contributed by atoms with Gasteiger partial charge in [0.05, 0.1) is 19.3 Å². The summed E-state index contributed by atoms with van der Waals surface area (Å²) < 4.78 is 5.13. The van der Waals surface area contributed by atoms with Crippen LogP contribution < -0.4 is 0 Å². The van der Waals surface area contributed by atoms with Crippen molar-refractivity contribution in [2.45, 2.75) is 18.9 Å². The number of hydrogen-bond donors (Lipinski definition) is 2. The van der Waals surface area contributed by atoms with Gasteiger partial charge >= 0.3 is 0 Å². The van der Waals surface area contributed by atoms with E-state index in [2.05, 4.69) is 0 Å². The SMILES string of the molecule is OCC(O)C1CCCOC1. The van der Waals surface area contributed by atoms with Crippen molar-refractivity contribution in [2.24, 2.45) is 5.92 Å². The van der Waals surface area contributed by atoms with Gasteiger partial charge < -0.3 is 14.9 Å². The molecule has 0 radical (unpaired) electrons. The van der Waals surface area contributed by atoms with E-state index in [1.165, 1.54) is 0 Å². The van der Waals surface area contributed by atoms with Crippen molar-refractivity contribution in [3.63, 3.8) is 0 Å². The number of hydrogen-bond acceptors (Lipinski definition) is 3. The van der Waals surface area contributed by atoms with Crippen molar-refractivity contribution in [1.29, 1.82) is 0 Å². The van der Waals surface area contributed by atoms with E-state index in [0.29, 0.717) is 6.61 Å². The fraction of sp³-hybridized carbons (Fsp3) is 1.00. The first-order valence-electron chi connectivity index (χ1n) is 3.71. The molecule has 1 fully saturated rings. The lowest BCUT2D eigenvalue weighted by atomic mass is 9.97. The highest BCUT2D eigenvalue weighted by Crippen LogP contribution is 2.16. The van der Waals surface area contributed by atoms with Crippen molar-refractivity contribution in [3.05, 3.63) is 0 Å². The molecule has 2 N–H and O–H groups in total. The molecule has 2 atom stereocenters. The lowest BCUT2D eigenvalue weighted by Gasteiger charge is -2.25. The molecule has 0 bridgehead atoms. The van der Waals surface area contributed by atoms with Crippen molar-refractivity contribution >= 4 is 0 Å². The molecular weight excluding hydrogens is 132 g/mol. The number of ether oxygens (including phenoxy) is 1. The molecule has 1 aliphatic heterocycles. The molecule has 60 valence electrons. The molecule has 10 heavy (non-hydrogen) atoms. The summed E-state index contributed by atoms with van der Waals surface area (Å²) in [5.74, 6) is 0.152. The van der Waals surface area contributed by atoms with Gasteiger partial charge in [0, 0.05) is 12.5 Å². The normalized spacial score (nSPS) is 30.0. The summed E-state index contributed by atoms with van der Waals surface area (Å²) >= 11 is 0. The Bertz CT molecular complexity index is 88.9. The van der Waals surface area contributed by atoms with Gasteiger partial charge in [-0.3, -0.25) is 0 Å². The van der Waals surface area contributed by atoms with Crippen LogP contribution in [0.1, 0.15) is 12.8 Å². The first-order chi connectivity index (χ1) is 4.84. The van der Waals surface area contributed by atoms with Crippen LogP contribution in [0.4, 0.5) is 0 Å². The van der Waals surface area contributed by atoms with Gasteiger partial charge in [-0.25, -0.2) is 0 Å². The molecule has 1 saturated heterocycles. The third-order valence-electron chi connectivity index (χ3n) is 1.93. The Morgan fingerprint density at radius 2 is 2.40 bits per heavy atom. The topological polar surface area (TPSA) is 49.7 Å². The van der Waals surface area contributed by atoms with Crippen LogP contribution in [0.5, 0.6) is 0 Å². The highest BCUT2D eigenvalue weighted by Gasteiger charge is 2.20. The first-order valence-corrected chi connectivity index (χ1v) is 3.71. The summed E-state index contributed by atoms with van der Waals surface area (Å²) in [7, 11) is 0. The van der Waals surface area contributed by atoms with Crippen LogP contribution in [0.25, 0.3) is 0 Å². The second-order valence-corrected chi connectivity index (χ2v) is 2.73. The lowest BCUT2D eigenvalue weighted by Crippen LogP contribution is -2.31. The molecule has 3 heteroatoms. The van der Waals surface area contributed by atoms with Crippen LogP contribution in [-0.2, 0) is 4.74 Å². The van der Waals surface area contributed by atoms with Gasteiger partial charge in [0.15, 0.2) is 0 Å². The van der Waals surface area contributed by atoms with Crippen molar-refractivity contribution in [3.8, 4) is 0 Å². The van der Waals surface area contributed by atoms with E-state index in [0.717, 1.165) is 19.4 Å². The Morgan fingerprint density at radius 3 is 2.90 bits per heavy atom. The maximum atomic E-state index is 9.15. The zero-order chi connectivity index (χ0) is 7.40. The summed E-state index contributed by atoms with van der Waals surface area (Å²) in [6.07, 6.45) is 1.39. The Hall–Kier alpha value is -0.120. The van der Waals surface area contributed by atoms with Crippen LogP contribution in [-0.4, -0.2) is 36.1 Å². The second kappa shape index (κ2) is 3.91. The van der Waals surface area contributed by atoms with E-state index in [9.17, 15) is 0 Å². The summed E-state index contributed by atoms with van der Waals surface area (Å²) in [5, 5.41) is 17.7. The monoisotopic (exact) mass is 146 g/mol. The number of rotatable bonds is 2. The average molecular weight is 146 g/mol. The van der Waals surface area contributed by atoms with Crippen molar-refractivity contribution in [1.82, 2.24) is 0 Å². The molecule has 0 aromatic rings. The molecule has 3 nitrogen and oxygen atoms in total. The molecule has 0 spiro atoms. The van der Waals surface area contributed by atoms with E-state index >= 15 is 0 Å². The Morgan fingerprint density at radius 1 is 1.60 bits per heavy atom.